The van der Waals surface area contributed by atoms with Crippen LogP contribution in [0.4, 0.5) is 0 Å². The van der Waals surface area contributed by atoms with E-state index in [0.29, 0.717) is 5.75 Å². The lowest BCUT2D eigenvalue weighted by Gasteiger charge is -2.18. The maximum atomic E-state index is 5.62. The largest absolute Gasteiger partial charge is 0.496 e. The second-order valence-electron chi connectivity index (χ2n) is 5.65. The van der Waals surface area contributed by atoms with E-state index in [1.54, 1.807) is 21.3 Å². The maximum absolute atomic E-state index is 5.62. The second kappa shape index (κ2) is 7.26. The molecule has 2 rings (SSSR count). The van der Waals surface area contributed by atoms with Crippen LogP contribution in [0.2, 0.25) is 0 Å². The third-order valence-electron chi connectivity index (χ3n) is 4.21. The number of hydrogen-bond donors (Lipinski definition) is 0. The lowest BCUT2D eigenvalue weighted by atomic mass is 9.95. The number of ether oxygens (including phenoxy) is 3. The van der Waals surface area contributed by atoms with Gasteiger partial charge in [-0.15, -0.1) is 0 Å². The lowest BCUT2D eigenvalue weighted by molar-refractivity contribution is 0.366. The minimum atomic E-state index is 0.694. The van der Waals surface area contributed by atoms with Gasteiger partial charge in [0.05, 0.1) is 21.3 Å². The van der Waals surface area contributed by atoms with Crippen molar-refractivity contribution in [1.29, 1.82) is 0 Å². The molecule has 124 valence electrons. The summed E-state index contributed by atoms with van der Waals surface area (Å²) in [5.74, 6) is 2.21. The molecule has 0 aliphatic heterocycles. The zero-order chi connectivity index (χ0) is 17.1. The summed E-state index contributed by atoms with van der Waals surface area (Å²) in [7, 11) is 4.96. The zero-order valence-electron chi connectivity index (χ0n) is 14.5. The van der Waals surface area contributed by atoms with Crippen molar-refractivity contribution < 1.29 is 14.2 Å². The fraction of sp³-hybridized carbons (Fsp3) is 0.368. The molecule has 0 spiro atoms. The van der Waals surface area contributed by atoms with Crippen LogP contribution < -0.4 is 14.2 Å². The third-order valence-corrected chi connectivity index (χ3v) is 4.96. The predicted molar refractivity (Wildman–Crippen MR) is 97.3 cm³/mol. The van der Waals surface area contributed by atoms with E-state index in [0.717, 1.165) is 28.0 Å². The van der Waals surface area contributed by atoms with Gasteiger partial charge in [0.1, 0.15) is 21.7 Å². The van der Waals surface area contributed by atoms with Gasteiger partial charge in [0.15, 0.2) is 0 Å². The molecule has 0 aliphatic rings. The number of aryl methyl sites for hydroxylation is 3. The Balaban J connectivity index is 2.59. The molecule has 0 N–H and O–H groups in total. The van der Waals surface area contributed by atoms with Crippen LogP contribution in [-0.4, -0.2) is 21.3 Å². The number of rotatable bonds is 5. The van der Waals surface area contributed by atoms with E-state index in [2.05, 4.69) is 48.8 Å². The van der Waals surface area contributed by atoms with Crippen molar-refractivity contribution in [3.05, 3.63) is 50.5 Å². The quantitative estimate of drug-likeness (QED) is 0.733. The molecular formula is C19H23BrO3. The molecule has 0 saturated heterocycles. The van der Waals surface area contributed by atoms with Crippen LogP contribution in [0.25, 0.3) is 0 Å². The summed E-state index contributed by atoms with van der Waals surface area (Å²) < 4.78 is 17.4. The molecule has 0 saturated carbocycles. The summed E-state index contributed by atoms with van der Waals surface area (Å²) in [6.07, 6.45) is 0.738. The minimum Gasteiger partial charge on any atom is -0.496 e. The predicted octanol–water partition coefficient (Wildman–Crippen LogP) is 4.99. The molecule has 3 nitrogen and oxygen atoms in total. The fourth-order valence-corrected chi connectivity index (χ4v) is 3.42. The van der Waals surface area contributed by atoms with E-state index < -0.39 is 0 Å². The van der Waals surface area contributed by atoms with Crippen molar-refractivity contribution in [1.82, 2.24) is 0 Å². The third kappa shape index (κ3) is 3.47. The van der Waals surface area contributed by atoms with Gasteiger partial charge in [0.25, 0.3) is 0 Å². The standard InChI is InChI=1S/C19H23BrO3/c1-11-7-13(3)14(8-12(11)2)9-15-16(21-4)10-17(22-5)18(20)19(15)23-6/h7-8,10H,9H2,1-6H3. The first-order valence-electron chi connectivity index (χ1n) is 7.47. The second-order valence-corrected chi connectivity index (χ2v) is 6.44. The molecule has 0 aromatic heterocycles. The highest BCUT2D eigenvalue weighted by atomic mass is 79.9. The van der Waals surface area contributed by atoms with Gasteiger partial charge in [-0.2, -0.15) is 0 Å². The monoisotopic (exact) mass is 378 g/mol. The Bertz CT molecular complexity index is 723. The van der Waals surface area contributed by atoms with Crippen molar-refractivity contribution in [2.75, 3.05) is 21.3 Å². The average molecular weight is 379 g/mol. The first-order chi connectivity index (χ1) is 10.9. The average Bonchev–Trinajstić information content (AvgIpc) is 2.53. The SMILES string of the molecule is COc1cc(OC)c(Cc2cc(C)c(C)cc2C)c(OC)c1Br. The van der Waals surface area contributed by atoms with Crippen LogP contribution in [-0.2, 0) is 6.42 Å². The fourth-order valence-electron chi connectivity index (χ4n) is 2.74. The molecule has 4 heteroatoms. The topological polar surface area (TPSA) is 27.7 Å². The smallest absolute Gasteiger partial charge is 0.144 e. The van der Waals surface area contributed by atoms with Crippen LogP contribution in [0, 0.1) is 20.8 Å². The van der Waals surface area contributed by atoms with Crippen molar-refractivity contribution in [3.8, 4) is 17.2 Å². The van der Waals surface area contributed by atoms with Crippen LogP contribution in [0.1, 0.15) is 27.8 Å². The minimum absolute atomic E-state index is 0.694. The highest BCUT2D eigenvalue weighted by molar-refractivity contribution is 9.10. The Morgan fingerprint density at radius 1 is 0.783 bits per heavy atom. The Labute approximate surface area is 146 Å². The highest BCUT2D eigenvalue weighted by Crippen LogP contribution is 2.44. The van der Waals surface area contributed by atoms with Gasteiger partial charge >= 0.3 is 0 Å². The molecule has 0 atom stereocenters. The molecule has 0 aliphatic carbocycles. The summed E-state index contributed by atoms with van der Waals surface area (Å²) in [4.78, 5) is 0. The Kier molecular flexibility index (Phi) is 5.58. The van der Waals surface area contributed by atoms with E-state index in [-0.39, 0.29) is 0 Å². The van der Waals surface area contributed by atoms with Crippen molar-refractivity contribution >= 4 is 15.9 Å². The number of methoxy groups -OCH3 is 3. The van der Waals surface area contributed by atoms with Gasteiger partial charge in [-0.05, 0) is 59.0 Å². The van der Waals surface area contributed by atoms with Gasteiger partial charge in [-0.3, -0.25) is 0 Å². The molecule has 2 aromatic rings. The van der Waals surface area contributed by atoms with Gasteiger partial charge in [-0.25, -0.2) is 0 Å². The molecular weight excluding hydrogens is 356 g/mol. The van der Waals surface area contributed by atoms with Crippen LogP contribution >= 0.6 is 15.9 Å². The Morgan fingerprint density at radius 2 is 1.39 bits per heavy atom. The number of hydrogen-bond acceptors (Lipinski definition) is 3. The molecule has 0 unspecified atom stereocenters. The molecule has 0 radical (unpaired) electrons. The molecule has 0 fully saturated rings. The van der Waals surface area contributed by atoms with E-state index in [1.807, 2.05) is 6.07 Å². The molecule has 23 heavy (non-hydrogen) atoms. The van der Waals surface area contributed by atoms with Crippen molar-refractivity contribution in [2.45, 2.75) is 27.2 Å². The maximum Gasteiger partial charge on any atom is 0.144 e. The van der Waals surface area contributed by atoms with E-state index in [4.69, 9.17) is 14.2 Å². The summed E-state index contributed by atoms with van der Waals surface area (Å²) in [5.41, 5.74) is 6.14. The van der Waals surface area contributed by atoms with E-state index in [9.17, 15) is 0 Å². The Morgan fingerprint density at radius 3 is 1.96 bits per heavy atom. The summed E-state index contributed by atoms with van der Waals surface area (Å²) in [6, 6.07) is 6.35. The van der Waals surface area contributed by atoms with Gasteiger partial charge in [-0.1, -0.05) is 12.1 Å². The molecule has 0 heterocycles. The van der Waals surface area contributed by atoms with Crippen molar-refractivity contribution in [3.63, 3.8) is 0 Å². The summed E-state index contributed by atoms with van der Waals surface area (Å²) in [6.45, 7) is 6.41. The molecule has 0 bridgehead atoms. The van der Waals surface area contributed by atoms with E-state index >= 15 is 0 Å². The van der Waals surface area contributed by atoms with Gasteiger partial charge in [0.2, 0.25) is 0 Å². The van der Waals surface area contributed by atoms with Crippen LogP contribution in [0.15, 0.2) is 22.7 Å². The molecule has 0 amide bonds. The lowest BCUT2D eigenvalue weighted by Crippen LogP contribution is -2.02. The summed E-state index contributed by atoms with van der Waals surface area (Å²) in [5, 5.41) is 0. The Hall–Kier alpha value is -1.68. The van der Waals surface area contributed by atoms with Gasteiger partial charge in [0, 0.05) is 18.1 Å². The van der Waals surface area contributed by atoms with E-state index in [1.165, 1.54) is 22.3 Å². The summed E-state index contributed by atoms with van der Waals surface area (Å²) >= 11 is 3.57. The first-order valence-corrected chi connectivity index (χ1v) is 8.26. The number of benzene rings is 2. The number of halogens is 1. The van der Waals surface area contributed by atoms with Crippen LogP contribution in [0.3, 0.4) is 0 Å². The normalized spacial score (nSPS) is 10.6. The molecule has 2 aromatic carbocycles. The first kappa shape index (κ1) is 17.7. The van der Waals surface area contributed by atoms with Gasteiger partial charge < -0.3 is 14.2 Å². The van der Waals surface area contributed by atoms with Crippen LogP contribution in [0.5, 0.6) is 17.2 Å². The highest BCUT2D eigenvalue weighted by Gasteiger charge is 2.20. The zero-order valence-corrected chi connectivity index (χ0v) is 16.1. The van der Waals surface area contributed by atoms with Crippen molar-refractivity contribution in [2.24, 2.45) is 0 Å².